The fraction of sp³-hybridized carbons (Fsp3) is 0.800. The third-order valence-corrected chi connectivity index (χ3v) is 7.00. The number of hydrogen-bond acceptors (Lipinski definition) is 4. The van der Waals surface area contributed by atoms with Crippen molar-refractivity contribution in [1.82, 2.24) is 4.31 Å². The fourth-order valence-corrected chi connectivity index (χ4v) is 5.35. The van der Waals surface area contributed by atoms with Crippen molar-refractivity contribution in [2.45, 2.75) is 6.92 Å². The van der Waals surface area contributed by atoms with E-state index in [9.17, 15) is 6.65 Å². The molecule has 0 saturated heterocycles. The first-order chi connectivity index (χ1) is 5.25. The van der Waals surface area contributed by atoms with Gasteiger partial charge in [0, 0.05) is 0 Å². The zero-order chi connectivity index (χ0) is 8.27. The second-order valence-corrected chi connectivity index (χ2v) is 8.15. The van der Waals surface area contributed by atoms with Gasteiger partial charge in [-0.05, 0) is 0 Å². The van der Waals surface area contributed by atoms with Gasteiger partial charge in [-0.3, -0.25) is 0 Å². The second-order valence-electron chi connectivity index (χ2n) is 2.18. The van der Waals surface area contributed by atoms with Crippen LogP contribution in [0.2, 0.25) is 0 Å². The molecule has 1 aliphatic heterocycles. The van der Waals surface area contributed by atoms with Crippen LogP contribution in [0.3, 0.4) is 0 Å². The molecule has 1 heterocycles. The minimum absolute atomic E-state index is 0.748. The van der Waals surface area contributed by atoms with Gasteiger partial charge >= 0.3 is 73.2 Å². The molecule has 0 bridgehead atoms. The SMILES string of the molecule is CCN1CCN=C[SH]1[Ti](=[O])=[O]. The van der Waals surface area contributed by atoms with Crippen molar-refractivity contribution in [2.24, 2.45) is 4.99 Å². The predicted octanol–water partition coefficient (Wildman–Crippen LogP) is 0.491. The number of hydrogen-bond donors (Lipinski definition) is 1. The van der Waals surface area contributed by atoms with E-state index in [-0.39, 0.29) is 0 Å². The molecule has 6 heteroatoms. The Bertz CT molecular complexity index is 221. The molecular weight excluding hydrogens is 200 g/mol. The van der Waals surface area contributed by atoms with Gasteiger partial charge in [0.05, 0.1) is 0 Å². The first kappa shape index (κ1) is 9.38. The van der Waals surface area contributed by atoms with Gasteiger partial charge in [-0.1, -0.05) is 0 Å². The normalized spacial score (nSPS) is 28.6. The molecule has 1 aliphatic rings. The number of aliphatic imine (C=N–C) groups is 1. The van der Waals surface area contributed by atoms with Crippen molar-refractivity contribution < 1.29 is 23.2 Å². The Labute approximate surface area is 73.3 Å². The summed E-state index contributed by atoms with van der Waals surface area (Å²) in [7, 11) is -0.997. The number of thiol groups is 1. The zero-order valence-corrected chi connectivity index (χ0v) is 8.81. The van der Waals surface area contributed by atoms with Crippen LogP contribution in [0.1, 0.15) is 6.92 Å². The van der Waals surface area contributed by atoms with Crippen LogP contribution in [0.25, 0.3) is 0 Å². The first-order valence-electron chi connectivity index (χ1n) is 3.50. The van der Waals surface area contributed by atoms with Crippen molar-refractivity contribution >= 4 is 14.2 Å². The van der Waals surface area contributed by atoms with Crippen molar-refractivity contribution in [3.63, 3.8) is 0 Å². The topological polar surface area (TPSA) is 49.7 Å². The summed E-state index contributed by atoms with van der Waals surface area (Å²) in [6.07, 6.45) is 0. The van der Waals surface area contributed by atoms with Crippen molar-refractivity contribution in [1.29, 1.82) is 0 Å². The Morgan fingerprint density at radius 1 is 1.73 bits per heavy atom. The van der Waals surface area contributed by atoms with Gasteiger partial charge < -0.3 is 0 Å². The molecule has 1 rings (SSSR count). The van der Waals surface area contributed by atoms with E-state index in [0.717, 1.165) is 19.6 Å². The van der Waals surface area contributed by atoms with Gasteiger partial charge in [-0.2, -0.15) is 0 Å². The first-order valence-corrected chi connectivity index (χ1v) is 8.24. The Morgan fingerprint density at radius 2 is 2.45 bits per heavy atom. The van der Waals surface area contributed by atoms with Crippen molar-refractivity contribution in [3.8, 4) is 0 Å². The van der Waals surface area contributed by atoms with Crippen LogP contribution in [0.15, 0.2) is 4.99 Å². The van der Waals surface area contributed by atoms with Crippen LogP contribution in [-0.4, -0.2) is 29.5 Å². The van der Waals surface area contributed by atoms with Crippen molar-refractivity contribution in [3.05, 3.63) is 0 Å². The van der Waals surface area contributed by atoms with E-state index in [1.54, 1.807) is 5.55 Å². The van der Waals surface area contributed by atoms with Gasteiger partial charge in [0.25, 0.3) is 0 Å². The summed E-state index contributed by atoms with van der Waals surface area (Å²) in [4.78, 5) is 3.98. The maximum atomic E-state index is 10.8. The summed E-state index contributed by atoms with van der Waals surface area (Å²) >= 11 is -3.23. The molecule has 0 aliphatic carbocycles. The molecule has 0 aromatic heterocycles. The molecule has 0 fully saturated rings. The molecular formula is C5H11N2O2STi. The monoisotopic (exact) mass is 211 g/mol. The van der Waals surface area contributed by atoms with Crippen LogP contribution in [0.4, 0.5) is 0 Å². The van der Waals surface area contributed by atoms with Gasteiger partial charge in [0.1, 0.15) is 0 Å². The third-order valence-electron chi connectivity index (χ3n) is 1.54. The molecule has 1 unspecified atom stereocenters. The van der Waals surface area contributed by atoms with Crippen LogP contribution in [-0.2, 0) is 23.2 Å². The summed E-state index contributed by atoms with van der Waals surface area (Å²) in [6.45, 7) is 4.35. The summed E-state index contributed by atoms with van der Waals surface area (Å²) in [6, 6.07) is 0. The van der Waals surface area contributed by atoms with E-state index in [4.69, 9.17) is 0 Å². The van der Waals surface area contributed by atoms with Crippen LogP contribution >= 0.6 is 8.67 Å². The quantitative estimate of drug-likeness (QED) is 0.534. The van der Waals surface area contributed by atoms with E-state index in [0.29, 0.717) is 0 Å². The number of rotatable bonds is 2. The Balaban J connectivity index is 2.72. The van der Waals surface area contributed by atoms with E-state index >= 15 is 0 Å². The van der Waals surface area contributed by atoms with Gasteiger partial charge in [-0.25, -0.2) is 0 Å². The molecule has 1 atom stereocenters. The van der Waals surface area contributed by atoms with Gasteiger partial charge in [0.2, 0.25) is 0 Å². The average molecular weight is 211 g/mol. The average Bonchev–Trinajstić information content (AvgIpc) is 2.04. The Hall–Kier alpha value is 0.294. The van der Waals surface area contributed by atoms with Gasteiger partial charge in [0.15, 0.2) is 0 Å². The van der Waals surface area contributed by atoms with Crippen LogP contribution in [0, 0.1) is 0 Å². The molecule has 0 saturated carbocycles. The summed E-state index contributed by atoms with van der Waals surface area (Å²) in [5.74, 6) is 0. The molecule has 0 spiro atoms. The molecule has 0 aromatic rings. The van der Waals surface area contributed by atoms with Crippen molar-refractivity contribution in [2.75, 3.05) is 19.6 Å². The van der Waals surface area contributed by atoms with Gasteiger partial charge in [-0.15, -0.1) is 0 Å². The molecule has 0 N–H and O–H groups in total. The minimum atomic E-state index is -3.23. The Morgan fingerprint density at radius 3 is 2.91 bits per heavy atom. The molecule has 63 valence electrons. The summed E-state index contributed by atoms with van der Waals surface area (Å²) < 4.78 is 23.5. The van der Waals surface area contributed by atoms with Crippen LogP contribution < -0.4 is 0 Å². The summed E-state index contributed by atoms with van der Waals surface area (Å²) in [5.41, 5.74) is 1.62. The predicted molar refractivity (Wildman–Crippen MR) is 41.0 cm³/mol. The number of nitrogens with zero attached hydrogens (tertiary/aromatic N) is 2. The Kier molecular flexibility index (Phi) is 3.71. The van der Waals surface area contributed by atoms with Crippen LogP contribution in [0.5, 0.6) is 0 Å². The fourth-order valence-electron chi connectivity index (χ4n) is 0.962. The second kappa shape index (κ2) is 4.35. The third kappa shape index (κ3) is 2.37. The molecule has 11 heavy (non-hydrogen) atoms. The standard InChI is InChI=1S/C5H10N2S.2O.Ti/c1-2-7-4-3-6-5-8-7;;;/h5H,2-4H2,1H3;;;/q;;;-1/p+1. The summed E-state index contributed by atoms with van der Waals surface area (Å²) in [5, 5.41) is 0. The van der Waals surface area contributed by atoms with E-state index in [2.05, 4.69) is 4.99 Å². The zero-order valence-electron chi connectivity index (χ0n) is 6.36. The molecule has 0 amide bonds. The molecule has 0 radical (unpaired) electrons. The molecule has 4 nitrogen and oxygen atoms in total. The number of likely N-dealkylation sites (N-methyl/N-ethyl adjacent to an activating group) is 1. The van der Waals surface area contributed by atoms with E-state index in [1.165, 1.54) is 0 Å². The molecule has 0 aromatic carbocycles. The van der Waals surface area contributed by atoms with E-state index in [1.807, 2.05) is 11.2 Å². The maximum absolute atomic E-state index is 10.8. The van der Waals surface area contributed by atoms with E-state index < -0.39 is 25.2 Å².